The third-order valence-electron chi connectivity index (χ3n) is 3.94. The van der Waals surface area contributed by atoms with Crippen molar-refractivity contribution in [3.63, 3.8) is 0 Å². The van der Waals surface area contributed by atoms with Gasteiger partial charge in [-0.3, -0.25) is 4.79 Å². The molecule has 3 rings (SSSR count). The van der Waals surface area contributed by atoms with Crippen molar-refractivity contribution in [2.45, 2.75) is 12.6 Å². The van der Waals surface area contributed by atoms with Gasteiger partial charge in [0, 0.05) is 18.7 Å². The van der Waals surface area contributed by atoms with Crippen LogP contribution in [0.25, 0.3) is 0 Å². The van der Waals surface area contributed by atoms with E-state index in [4.69, 9.17) is 10.5 Å². The highest BCUT2D eigenvalue weighted by Crippen LogP contribution is 2.25. The largest absolute Gasteiger partial charge is 0.370 e. The molecule has 1 aromatic carbocycles. The number of thiophene rings is 1. The summed E-state index contributed by atoms with van der Waals surface area (Å²) in [5.41, 5.74) is 7.68. The Kier molecular flexibility index (Phi) is 5.12. The van der Waals surface area contributed by atoms with Gasteiger partial charge in [0.1, 0.15) is 6.10 Å². The Bertz CT molecular complexity index is 700. The first kappa shape index (κ1) is 16.5. The quantitative estimate of drug-likeness (QED) is 0.890. The molecule has 0 radical (unpaired) electrons. The number of hydrogen-bond acceptors (Lipinski definition) is 4. The van der Waals surface area contributed by atoms with Gasteiger partial charge in [0.25, 0.3) is 5.91 Å². The number of urea groups is 1. The zero-order chi connectivity index (χ0) is 16.9. The van der Waals surface area contributed by atoms with Crippen molar-refractivity contribution in [1.29, 1.82) is 0 Å². The van der Waals surface area contributed by atoms with E-state index in [9.17, 15) is 9.59 Å². The molecular formula is C17H19N3O3S. The fraction of sp³-hybridized carbons (Fsp3) is 0.294. The Balaban J connectivity index is 1.64. The summed E-state index contributed by atoms with van der Waals surface area (Å²) in [5.74, 6) is -0.00654. The van der Waals surface area contributed by atoms with Gasteiger partial charge in [-0.15, -0.1) is 0 Å². The maximum atomic E-state index is 12.7. The molecular weight excluding hydrogens is 326 g/mol. The van der Waals surface area contributed by atoms with Crippen LogP contribution in [0.2, 0.25) is 0 Å². The lowest BCUT2D eigenvalue weighted by atomic mass is 10.1. The molecule has 0 bridgehead atoms. The Morgan fingerprint density at radius 2 is 2.08 bits per heavy atom. The molecule has 1 aliphatic rings. The normalized spacial score (nSPS) is 17.5. The number of nitrogens with one attached hydrogen (secondary N) is 1. The first-order chi connectivity index (χ1) is 11.6. The number of carbonyl (C=O) groups is 2. The summed E-state index contributed by atoms with van der Waals surface area (Å²) in [6, 6.07) is 8.65. The third kappa shape index (κ3) is 3.93. The summed E-state index contributed by atoms with van der Waals surface area (Å²) >= 11 is 1.63. The van der Waals surface area contributed by atoms with Crippen molar-refractivity contribution in [1.82, 2.24) is 10.2 Å². The highest BCUT2D eigenvalue weighted by molar-refractivity contribution is 7.07. The van der Waals surface area contributed by atoms with Crippen LogP contribution in [0.4, 0.5) is 4.79 Å². The summed E-state index contributed by atoms with van der Waals surface area (Å²) < 4.78 is 5.77. The number of hydrogen-bond donors (Lipinski definition) is 2. The van der Waals surface area contributed by atoms with Crippen molar-refractivity contribution >= 4 is 23.3 Å². The average molecular weight is 345 g/mol. The predicted molar refractivity (Wildman–Crippen MR) is 91.8 cm³/mol. The van der Waals surface area contributed by atoms with E-state index in [0.717, 1.165) is 11.1 Å². The van der Waals surface area contributed by atoms with Gasteiger partial charge in [-0.05, 0) is 40.1 Å². The molecule has 1 atom stereocenters. The number of primary amides is 1. The Labute approximate surface area is 144 Å². The molecule has 1 saturated heterocycles. The molecule has 3 amide bonds. The van der Waals surface area contributed by atoms with E-state index < -0.39 is 6.03 Å². The molecule has 7 heteroatoms. The third-order valence-corrected chi connectivity index (χ3v) is 4.64. The number of nitrogens with two attached hydrogens (primary N) is 1. The second kappa shape index (κ2) is 7.46. The van der Waals surface area contributed by atoms with Gasteiger partial charge < -0.3 is 20.7 Å². The molecule has 6 nitrogen and oxygen atoms in total. The number of amides is 3. The summed E-state index contributed by atoms with van der Waals surface area (Å²) in [4.78, 5) is 25.2. The lowest BCUT2D eigenvalue weighted by Crippen LogP contribution is -2.42. The van der Waals surface area contributed by atoms with Crippen LogP contribution in [0, 0.1) is 0 Å². The minimum atomic E-state index is -0.567. The van der Waals surface area contributed by atoms with E-state index in [1.54, 1.807) is 23.5 Å². The van der Waals surface area contributed by atoms with Gasteiger partial charge in [-0.25, -0.2) is 4.79 Å². The molecule has 1 aromatic heterocycles. The summed E-state index contributed by atoms with van der Waals surface area (Å²) in [6.07, 6.45) is -0.0620. The van der Waals surface area contributed by atoms with Crippen molar-refractivity contribution < 1.29 is 14.3 Å². The van der Waals surface area contributed by atoms with Crippen LogP contribution in [0.5, 0.6) is 0 Å². The maximum Gasteiger partial charge on any atom is 0.312 e. The Morgan fingerprint density at radius 3 is 2.75 bits per heavy atom. The number of morpholine rings is 1. The first-order valence-corrected chi connectivity index (χ1v) is 8.63. The fourth-order valence-electron chi connectivity index (χ4n) is 2.63. The SMILES string of the molecule is NC(=O)NCc1ccc(C(=O)N2CCOC(c3ccsc3)C2)cc1. The van der Waals surface area contributed by atoms with Crippen molar-refractivity contribution in [2.75, 3.05) is 19.7 Å². The smallest absolute Gasteiger partial charge is 0.312 e. The summed E-state index contributed by atoms with van der Waals surface area (Å²) in [6.45, 7) is 2.03. The number of benzene rings is 1. The molecule has 0 saturated carbocycles. The van der Waals surface area contributed by atoms with E-state index in [1.807, 2.05) is 28.5 Å². The number of carbonyl (C=O) groups excluding carboxylic acids is 2. The minimum absolute atomic E-state index is 0.00654. The van der Waals surface area contributed by atoms with Crippen LogP contribution in [-0.2, 0) is 11.3 Å². The lowest BCUT2D eigenvalue weighted by Gasteiger charge is -2.32. The topological polar surface area (TPSA) is 84.7 Å². The molecule has 126 valence electrons. The lowest BCUT2D eigenvalue weighted by molar-refractivity contribution is -0.0226. The zero-order valence-corrected chi connectivity index (χ0v) is 13.9. The van der Waals surface area contributed by atoms with Crippen LogP contribution in [0.1, 0.15) is 27.6 Å². The maximum absolute atomic E-state index is 12.7. The van der Waals surface area contributed by atoms with Crippen molar-refractivity contribution in [3.05, 3.63) is 57.8 Å². The molecule has 3 N–H and O–H groups in total. The molecule has 2 aromatic rings. The second-order valence-electron chi connectivity index (χ2n) is 5.58. The van der Waals surface area contributed by atoms with Gasteiger partial charge >= 0.3 is 6.03 Å². The molecule has 1 aliphatic heterocycles. The van der Waals surface area contributed by atoms with Crippen LogP contribution < -0.4 is 11.1 Å². The molecule has 0 spiro atoms. The van der Waals surface area contributed by atoms with Gasteiger partial charge in [-0.2, -0.15) is 11.3 Å². The number of ether oxygens (including phenoxy) is 1. The van der Waals surface area contributed by atoms with Crippen LogP contribution in [0.3, 0.4) is 0 Å². The molecule has 0 aliphatic carbocycles. The monoisotopic (exact) mass is 345 g/mol. The Morgan fingerprint density at radius 1 is 1.29 bits per heavy atom. The molecule has 24 heavy (non-hydrogen) atoms. The van der Waals surface area contributed by atoms with E-state index in [1.165, 1.54) is 0 Å². The molecule has 2 heterocycles. The van der Waals surface area contributed by atoms with Gasteiger partial charge in [0.2, 0.25) is 0 Å². The van der Waals surface area contributed by atoms with Crippen LogP contribution in [-0.4, -0.2) is 36.5 Å². The zero-order valence-electron chi connectivity index (χ0n) is 13.1. The van der Waals surface area contributed by atoms with E-state index in [0.29, 0.717) is 31.8 Å². The van der Waals surface area contributed by atoms with Crippen LogP contribution in [0.15, 0.2) is 41.1 Å². The Hall–Kier alpha value is -2.38. The summed E-state index contributed by atoms with van der Waals surface area (Å²) in [7, 11) is 0. The highest BCUT2D eigenvalue weighted by atomic mass is 32.1. The highest BCUT2D eigenvalue weighted by Gasteiger charge is 2.26. The molecule has 1 fully saturated rings. The number of rotatable bonds is 4. The van der Waals surface area contributed by atoms with Crippen molar-refractivity contribution in [2.24, 2.45) is 5.73 Å². The summed E-state index contributed by atoms with van der Waals surface area (Å²) in [5, 5.41) is 6.59. The van der Waals surface area contributed by atoms with Gasteiger partial charge in [0.15, 0.2) is 0 Å². The van der Waals surface area contributed by atoms with E-state index >= 15 is 0 Å². The predicted octanol–water partition coefficient (Wildman–Crippen LogP) is 2.13. The standard InChI is InChI=1S/C17H19N3O3S/c18-17(22)19-9-12-1-3-13(4-2-12)16(21)20-6-7-23-15(10-20)14-5-8-24-11-14/h1-5,8,11,15H,6-7,9-10H2,(H3,18,19,22). The van der Waals surface area contributed by atoms with Gasteiger partial charge in [0.05, 0.1) is 13.2 Å². The number of nitrogens with zero attached hydrogens (tertiary/aromatic N) is 1. The van der Waals surface area contributed by atoms with E-state index in [2.05, 4.69) is 10.7 Å². The van der Waals surface area contributed by atoms with Crippen LogP contribution >= 0.6 is 11.3 Å². The van der Waals surface area contributed by atoms with Crippen molar-refractivity contribution in [3.8, 4) is 0 Å². The van der Waals surface area contributed by atoms with E-state index in [-0.39, 0.29) is 12.0 Å². The first-order valence-electron chi connectivity index (χ1n) is 7.68. The van der Waals surface area contributed by atoms with Gasteiger partial charge in [-0.1, -0.05) is 12.1 Å². The second-order valence-corrected chi connectivity index (χ2v) is 6.36. The fourth-order valence-corrected chi connectivity index (χ4v) is 3.33. The average Bonchev–Trinajstić information content (AvgIpc) is 3.14. The molecule has 1 unspecified atom stereocenters. The minimum Gasteiger partial charge on any atom is -0.370 e.